The molecule has 0 heterocycles. The van der Waals surface area contributed by atoms with Gasteiger partial charge in [0.2, 0.25) is 0 Å². The molecule has 2 aliphatic carbocycles. The van der Waals surface area contributed by atoms with E-state index in [4.69, 9.17) is 13.8 Å². The quantitative estimate of drug-likeness (QED) is 0.0765. The monoisotopic (exact) mass is 589 g/mol. The van der Waals surface area contributed by atoms with Crippen molar-refractivity contribution in [2.45, 2.75) is 123 Å². The topological polar surface area (TPSA) is 105 Å². The van der Waals surface area contributed by atoms with E-state index in [-0.39, 0.29) is 48.7 Å². The molecule has 1 aromatic carbocycles. The minimum absolute atomic E-state index is 0.00292. The number of esters is 1. The van der Waals surface area contributed by atoms with E-state index in [0.29, 0.717) is 24.8 Å². The van der Waals surface area contributed by atoms with Crippen molar-refractivity contribution in [2.75, 3.05) is 6.61 Å². The van der Waals surface area contributed by atoms with Crippen molar-refractivity contribution >= 4 is 13.8 Å². The number of hydrogen-bond donors (Lipinski definition) is 1. The third-order valence-corrected chi connectivity index (χ3v) is 9.50. The Morgan fingerprint density at radius 3 is 2.56 bits per heavy atom. The summed E-state index contributed by atoms with van der Waals surface area (Å²) < 4.78 is 29.8. The SMILES string of the molecule is C=C(C)[C@@H]1CCC(C)=C[C@H]1c1c(O)cc(CCCCC)cc1OC(=O)C1(OP(=O)([O-])OCCC(C)C)CCCCC1. The maximum atomic E-state index is 14.0. The molecule has 1 unspecified atom stereocenters. The van der Waals surface area contributed by atoms with Gasteiger partial charge in [-0.05, 0) is 101 Å². The number of carbonyl (C=O) groups excluding carboxylic acids is 1. The molecule has 3 rings (SSSR count). The third-order valence-electron chi connectivity index (χ3n) is 8.43. The summed E-state index contributed by atoms with van der Waals surface area (Å²) in [6.45, 7) is 14.4. The van der Waals surface area contributed by atoms with Crippen molar-refractivity contribution in [1.82, 2.24) is 0 Å². The number of carbonyl (C=O) groups is 1. The molecule has 0 bridgehead atoms. The number of aryl methyl sites for hydroxylation is 1. The third kappa shape index (κ3) is 9.28. The molecule has 3 atom stereocenters. The van der Waals surface area contributed by atoms with E-state index < -0.39 is 19.4 Å². The molecule has 1 aromatic rings. The lowest BCUT2D eigenvalue weighted by atomic mass is 9.73. The molecule has 0 aliphatic heterocycles. The number of phosphoric ester groups is 1. The van der Waals surface area contributed by atoms with Crippen molar-refractivity contribution in [1.29, 1.82) is 0 Å². The van der Waals surface area contributed by atoms with Crippen LogP contribution in [0.4, 0.5) is 0 Å². The number of rotatable bonds is 14. The van der Waals surface area contributed by atoms with Crippen molar-refractivity contribution in [3.8, 4) is 11.5 Å². The lowest BCUT2D eigenvalue weighted by molar-refractivity contribution is -0.240. The molecule has 1 N–H and O–H groups in total. The summed E-state index contributed by atoms with van der Waals surface area (Å²) in [4.78, 5) is 26.9. The van der Waals surface area contributed by atoms with Crippen LogP contribution >= 0.6 is 7.82 Å². The van der Waals surface area contributed by atoms with Gasteiger partial charge in [0.25, 0.3) is 7.82 Å². The Balaban J connectivity index is 2.01. The second kappa shape index (κ2) is 15.0. The molecule has 0 aromatic heterocycles. The van der Waals surface area contributed by atoms with E-state index in [1.165, 1.54) is 5.57 Å². The summed E-state index contributed by atoms with van der Waals surface area (Å²) in [7, 11) is -4.77. The number of allylic oxidation sites excluding steroid dienone is 3. The summed E-state index contributed by atoms with van der Waals surface area (Å²) in [5.41, 5.74) is 1.95. The fraction of sp³-hybridized carbons (Fsp3) is 0.667. The van der Waals surface area contributed by atoms with E-state index in [1.54, 1.807) is 6.07 Å². The van der Waals surface area contributed by atoms with E-state index in [1.807, 2.05) is 26.8 Å². The van der Waals surface area contributed by atoms with Crippen molar-refractivity contribution in [2.24, 2.45) is 11.8 Å². The largest absolute Gasteiger partial charge is 0.756 e. The van der Waals surface area contributed by atoms with Gasteiger partial charge in [0.15, 0.2) is 5.60 Å². The first-order valence-corrected chi connectivity index (χ1v) is 16.9. The van der Waals surface area contributed by atoms with Crippen LogP contribution in [-0.2, 0) is 24.8 Å². The Morgan fingerprint density at radius 1 is 1.22 bits per heavy atom. The standard InChI is InChI=1S/C33H51O7P/c1-7-8-10-13-26-21-29(34)31(28-20-25(6)14-15-27(28)24(4)5)30(22-26)39-32(35)33(17-11-9-12-18-33)40-41(36,37)38-19-16-23(2)3/h20-23,27-28,34H,4,7-19H2,1-3,5-6H3,(H,36,37)/p-1/t27-,28+/m0/s1. The Kier molecular flexibility index (Phi) is 12.3. The van der Waals surface area contributed by atoms with Crippen molar-refractivity contribution < 1.29 is 33.1 Å². The Bertz CT molecular complexity index is 1130. The average Bonchev–Trinajstić information content (AvgIpc) is 2.88. The minimum Gasteiger partial charge on any atom is -0.756 e. The molecule has 8 heteroatoms. The highest BCUT2D eigenvalue weighted by Crippen LogP contribution is 2.50. The molecule has 1 fully saturated rings. The van der Waals surface area contributed by atoms with Gasteiger partial charge in [-0.25, -0.2) is 4.79 Å². The highest BCUT2D eigenvalue weighted by Gasteiger charge is 2.46. The van der Waals surface area contributed by atoms with E-state index in [9.17, 15) is 19.4 Å². The molecular weight excluding hydrogens is 539 g/mol. The number of ether oxygens (including phenoxy) is 1. The fourth-order valence-electron chi connectivity index (χ4n) is 6.01. The van der Waals surface area contributed by atoms with Gasteiger partial charge in [-0.1, -0.05) is 63.8 Å². The van der Waals surface area contributed by atoms with Crippen LogP contribution in [0.25, 0.3) is 0 Å². The zero-order valence-corrected chi connectivity index (χ0v) is 26.6. The minimum atomic E-state index is -4.77. The number of benzene rings is 1. The maximum Gasteiger partial charge on any atom is 0.344 e. The normalized spacial score (nSPS) is 22.2. The fourth-order valence-corrected chi connectivity index (χ4v) is 7.07. The van der Waals surface area contributed by atoms with Crippen LogP contribution in [0.2, 0.25) is 0 Å². The highest BCUT2D eigenvalue weighted by atomic mass is 31.2. The second-order valence-corrected chi connectivity index (χ2v) is 13.8. The Hall–Kier alpha value is -1.92. The van der Waals surface area contributed by atoms with Gasteiger partial charge in [-0.2, -0.15) is 0 Å². The van der Waals surface area contributed by atoms with E-state index in [0.717, 1.165) is 56.1 Å². The van der Waals surface area contributed by atoms with Crippen molar-refractivity contribution in [3.05, 3.63) is 47.1 Å². The van der Waals surface area contributed by atoms with Crippen molar-refractivity contribution in [3.63, 3.8) is 0 Å². The molecule has 1 saturated carbocycles. The molecule has 2 aliphatic rings. The summed E-state index contributed by atoms with van der Waals surface area (Å²) in [6, 6.07) is 3.61. The first-order chi connectivity index (χ1) is 19.4. The van der Waals surface area contributed by atoms with Crippen LogP contribution in [0.15, 0.2) is 35.9 Å². The summed E-state index contributed by atoms with van der Waals surface area (Å²) in [5, 5.41) is 11.4. The van der Waals surface area contributed by atoms with Crippen LogP contribution in [0.3, 0.4) is 0 Å². The molecule has 41 heavy (non-hydrogen) atoms. The Labute approximate surface area is 247 Å². The number of aromatic hydroxyl groups is 1. The maximum absolute atomic E-state index is 14.0. The molecule has 0 spiro atoms. The summed E-state index contributed by atoms with van der Waals surface area (Å²) >= 11 is 0. The highest BCUT2D eigenvalue weighted by molar-refractivity contribution is 7.46. The number of phenols is 1. The lowest BCUT2D eigenvalue weighted by Gasteiger charge is -2.39. The predicted octanol–water partition coefficient (Wildman–Crippen LogP) is 8.30. The van der Waals surface area contributed by atoms with Gasteiger partial charge in [-0.3, -0.25) is 9.09 Å². The van der Waals surface area contributed by atoms with Crippen LogP contribution in [-0.4, -0.2) is 23.3 Å². The van der Waals surface area contributed by atoms with Crippen LogP contribution in [0.1, 0.15) is 122 Å². The van der Waals surface area contributed by atoms with Gasteiger partial charge in [0.1, 0.15) is 11.5 Å². The van der Waals surface area contributed by atoms with Gasteiger partial charge >= 0.3 is 5.97 Å². The smallest absolute Gasteiger partial charge is 0.344 e. The van der Waals surface area contributed by atoms with Crippen LogP contribution < -0.4 is 9.63 Å². The second-order valence-electron chi connectivity index (χ2n) is 12.5. The summed E-state index contributed by atoms with van der Waals surface area (Å²) in [5.74, 6) is -0.297. The molecule has 0 radical (unpaired) electrons. The van der Waals surface area contributed by atoms with Crippen LogP contribution in [0.5, 0.6) is 11.5 Å². The van der Waals surface area contributed by atoms with Gasteiger partial charge in [0, 0.05) is 11.5 Å². The molecular formula is C33H50O7P-. The van der Waals surface area contributed by atoms with Crippen LogP contribution in [0, 0.1) is 11.8 Å². The molecule has 7 nitrogen and oxygen atoms in total. The number of unbranched alkanes of at least 4 members (excludes halogenated alkanes) is 2. The number of phenolic OH excluding ortho intramolecular Hbond substituents is 1. The summed E-state index contributed by atoms with van der Waals surface area (Å²) in [6.07, 6.45) is 10.9. The molecule has 0 saturated heterocycles. The van der Waals surface area contributed by atoms with Gasteiger partial charge in [0.05, 0.1) is 6.61 Å². The first-order valence-electron chi connectivity index (χ1n) is 15.4. The molecule has 230 valence electrons. The zero-order chi connectivity index (χ0) is 30.2. The Morgan fingerprint density at radius 2 is 1.93 bits per heavy atom. The van der Waals surface area contributed by atoms with Gasteiger partial charge in [-0.15, -0.1) is 0 Å². The zero-order valence-electron chi connectivity index (χ0n) is 25.7. The predicted molar refractivity (Wildman–Crippen MR) is 161 cm³/mol. The van der Waals surface area contributed by atoms with E-state index >= 15 is 0 Å². The first kappa shape index (κ1) is 33.6. The average molecular weight is 590 g/mol. The number of hydrogen-bond acceptors (Lipinski definition) is 7. The lowest BCUT2D eigenvalue weighted by Crippen LogP contribution is -2.46. The van der Waals surface area contributed by atoms with Gasteiger partial charge < -0.3 is 19.3 Å². The van der Waals surface area contributed by atoms with E-state index in [2.05, 4.69) is 26.5 Å². The molecule has 0 amide bonds. The number of phosphoric acid groups is 1.